The van der Waals surface area contributed by atoms with Gasteiger partial charge in [-0.3, -0.25) is 0 Å². The first-order chi connectivity index (χ1) is 8.98. The van der Waals surface area contributed by atoms with Crippen LogP contribution in [0.3, 0.4) is 0 Å². The normalized spacial score (nSPS) is 19.4. The Morgan fingerprint density at radius 1 is 1.11 bits per heavy atom. The highest BCUT2D eigenvalue weighted by molar-refractivity contribution is 5.32. The quantitative estimate of drug-likeness (QED) is 0.896. The second kappa shape index (κ2) is 5.64. The minimum Gasteiger partial charge on any atom is -0.384 e. The van der Waals surface area contributed by atoms with Gasteiger partial charge in [0.25, 0.3) is 0 Å². The minimum absolute atomic E-state index is 0.0571. The number of methoxy groups -OCH3 is 1. The van der Waals surface area contributed by atoms with Crippen molar-refractivity contribution in [1.82, 2.24) is 0 Å². The van der Waals surface area contributed by atoms with E-state index in [2.05, 4.69) is 38.1 Å². The van der Waals surface area contributed by atoms with Gasteiger partial charge in [-0.15, -0.1) is 0 Å². The third kappa shape index (κ3) is 3.18. The molecule has 0 radical (unpaired) electrons. The molecule has 2 N–H and O–H groups in total. The minimum atomic E-state index is -0.0951. The number of benzene rings is 1. The average molecular weight is 261 g/mol. The van der Waals surface area contributed by atoms with Gasteiger partial charge in [0.15, 0.2) is 0 Å². The van der Waals surface area contributed by atoms with Gasteiger partial charge in [0.1, 0.15) is 0 Å². The van der Waals surface area contributed by atoms with Crippen LogP contribution in [-0.2, 0) is 15.7 Å². The van der Waals surface area contributed by atoms with Crippen LogP contribution < -0.4 is 5.73 Å². The van der Waals surface area contributed by atoms with E-state index in [1.54, 1.807) is 7.11 Å². The molecule has 1 aromatic rings. The SMILES string of the molecule is COCC(C)(C)c1ccc(C2(N)CCCCC2)cc1. The Balaban J connectivity index is 2.18. The Morgan fingerprint density at radius 2 is 1.68 bits per heavy atom. The molecule has 0 atom stereocenters. The van der Waals surface area contributed by atoms with Crippen molar-refractivity contribution in [1.29, 1.82) is 0 Å². The predicted molar refractivity (Wildman–Crippen MR) is 80.3 cm³/mol. The van der Waals surface area contributed by atoms with Crippen molar-refractivity contribution in [3.63, 3.8) is 0 Å². The molecule has 0 unspecified atom stereocenters. The van der Waals surface area contributed by atoms with E-state index in [4.69, 9.17) is 10.5 Å². The van der Waals surface area contributed by atoms with Crippen molar-refractivity contribution in [2.45, 2.75) is 56.9 Å². The Bertz CT molecular complexity index is 402. The molecule has 1 aliphatic carbocycles. The lowest BCUT2D eigenvalue weighted by atomic mass is 9.76. The zero-order valence-electron chi connectivity index (χ0n) is 12.5. The molecule has 1 fully saturated rings. The smallest absolute Gasteiger partial charge is 0.0553 e. The van der Waals surface area contributed by atoms with Crippen LogP contribution in [0.1, 0.15) is 57.1 Å². The lowest BCUT2D eigenvalue weighted by Crippen LogP contribution is -2.38. The summed E-state index contributed by atoms with van der Waals surface area (Å²) in [6.07, 6.45) is 6.08. The summed E-state index contributed by atoms with van der Waals surface area (Å²) in [4.78, 5) is 0. The van der Waals surface area contributed by atoms with Gasteiger partial charge in [0.05, 0.1) is 6.61 Å². The molecule has 106 valence electrons. The van der Waals surface area contributed by atoms with Crippen molar-refractivity contribution in [3.05, 3.63) is 35.4 Å². The van der Waals surface area contributed by atoms with Gasteiger partial charge in [-0.1, -0.05) is 57.4 Å². The first-order valence-electron chi connectivity index (χ1n) is 7.37. The number of ether oxygens (including phenoxy) is 1. The van der Waals surface area contributed by atoms with E-state index in [1.807, 2.05) is 0 Å². The second-order valence-electron chi connectivity index (χ2n) is 6.61. The van der Waals surface area contributed by atoms with Crippen LogP contribution in [-0.4, -0.2) is 13.7 Å². The highest BCUT2D eigenvalue weighted by Gasteiger charge is 2.29. The molecule has 1 saturated carbocycles. The average Bonchev–Trinajstić information content (AvgIpc) is 2.40. The van der Waals surface area contributed by atoms with Gasteiger partial charge >= 0.3 is 0 Å². The molecule has 19 heavy (non-hydrogen) atoms. The van der Waals surface area contributed by atoms with Crippen molar-refractivity contribution < 1.29 is 4.74 Å². The summed E-state index contributed by atoms with van der Waals surface area (Å²) in [7, 11) is 1.76. The fourth-order valence-corrected chi connectivity index (χ4v) is 3.17. The standard InChI is InChI=1S/C17H27NO/c1-16(2,13-19-3)14-7-9-15(10-8-14)17(18)11-5-4-6-12-17/h7-10H,4-6,11-13,18H2,1-3H3. The van der Waals surface area contributed by atoms with Crippen molar-refractivity contribution in [3.8, 4) is 0 Å². The van der Waals surface area contributed by atoms with Gasteiger partial charge < -0.3 is 10.5 Å². The molecule has 0 bridgehead atoms. The molecule has 0 spiro atoms. The molecular formula is C17H27NO. The Labute approximate surface area is 117 Å². The van der Waals surface area contributed by atoms with Crippen LogP contribution in [0, 0.1) is 0 Å². The predicted octanol–water partition coefficient (Wildman–Crippen LogP) is 3.73. The molecule has 1 aromatic carbocycles. The number of hydrogen-bond donors (Lipinski definition) is 1. The number of hydrogen-bond acceptors (Lipinski definition) is 2. The summed E-state index contributed by atoms with van der Waals surface area (Å²) in [5, 5.41) is 0. The molecule has 0 aliphatic heterocycles. The third-order valence-corrected chi connectivity index (χ3v) is 4.49. The molecule has 2 rings (SSSR count). The Hall–Kier alpha value is -0.860. The molecule has 1 aliphatic rings. The van der Waals surface area contributed by atoms with E-state index in [0.717, 1.165) is 19.4 Å². The maximum atomic E-state index is 6.57. The zero-order valence-corrected chi connectivity index (χ0v) is 12.5. The van der Waals surface area contributed by atoms with E-state index in [1.165, 1.54) is 30.4 Å². The molecule has 2 nitrogen and oxygen atoms in total. The first-order valence-corrected chi connectivity index (χ1v) is 7.37. The van der Waals surface area contributed by atoms with Crippen molar-refractivity contribution in [2.24, 2.45) is 5.73 Å². The molecular weight excluding hydrogens is 234 g/mol. The monoisotopic (exact) mass is 261 g/mol. The Morgan fingerprint density at radius 3 is 2.21 bits per heavy atom. The fraction of sp³-hybridized carbons (Fsp3) is 0.647. The van der Waals surface area contributed by atoms with Crippen LogP contribution in [0.15, 0.2) is 24.3 Å². The van der Waals surface area contributed by atoms with E-state index in [-0.39, 0.29) is 11.0 Å². The van der Waals surface area contributed by atoms with E-state index in [0.29, 0.717) is 0 Å². The fourth-order valence-electron chi connectivity index (χ4n) is 3.17. The summed E-state index contributed by atoms with van der Waals surface area (Å²) in [6, 6.07) is 8.88. The van der Waals surface area contributed by atoms with Crippen LogP contribution >= 0.6 is 0 Å². The molecule has 0 saturated heterocycles. The largest absolute Gasteiger partial charge is 0.384 e. The third-order valence-electron chi connectivity index (χ3n) is 4.49. The lowest BCUT2D eigenvalue weighted by molar-refractivity contribution is 0.146. The summed E-state index contributed by atoms with van der Waals surface area (Å²) in [5.41, 5.74) is 9.15. The molecule has 2 heteroatoms. The van der Waals surface area contributed by atoms with Crippen molar-refractivity contribution >= 4 is 0 Å². The van der Waals surface area contributed by atoms with Crippen LogP contribution in [0.4, 0.5) is 0 Å². The summed E-state index contributed by atoms with van der Waals surface area (Å²) >= 11 is 0. The highest BCUT2D eigenvalue weighted by Crippen LogP contribution is 2.35. The summed E-state index contributed by atoms with van der Waals surface area (Å²) in [6.45, 7) is 5.16. The van der Waals surface area contributed by atoms with Crippen LogP contribution in [0.5, 0.6) is 0 Å². The Kier molecular flexibility index (Phi) is 4.32. The van der Waals surface area contributed by atoms with Gasteiger partial charge in [-0.05, 0) is 24.0 Å². The van der Waals surface area contributed by atoms with E-state index < -0.39 is 0 Å². The van der Waals surface area contributed by atoms with Crippen LogP contribution in [0.25, 0.3) is 0 Å². The van der Waals surface area contributed by atoms with Gasteiger partial charge in [0.2, 0.25) is 0 Å². The molecule has 0 heterocycles. The summed E-state index contributed by atoms with van der Waals surface area (Å²) < 4.78 is 5.30. The maximum Gasteiger partial charge on any atom is 0.0553 e. The molecule has 0 aromatic heterocycles. The van der Waals surface area contributed by atoms with Crippen LogP contribution in [0.2, 0.25) is 0 Å². The zero-order chi connectivity index (χ0) is 13.9. The highest BCUT2D eigenvalue weighted by atomic mass is 16.5. The molecule has 0 amide bonds. The number of nitrogens with two attached hydrogens (primary N) is 1. The lowest BCUT2D eigenvalue weighted by Gasteiger charge is -2.34. The van der Waals surface area contributed by atoms with E-state index in [9.17, 15) is 0 Å². The van der Waals surface area contributed by atoms with E-state index >= 15 is 0 Å². The first kappa shape index (κ1) is 14.5. The number of rotatable bonds is 4. The van der Waals surface area contributed by atoms with Crippen molar-refractivity contribution in [2.75, 3.05) is 13.7 Å². The van der Waals surface area contributed by atoms with Gasteiger partial charge in [-0.25, -0.2) is 0 Å². The topological polar surface area (TPSA) is 35.2 Å². The summed E-state index contributed by atoms with van der Waals surface area (Å²) in [5.74, 6) is 0. The second-order valence-corrected chi connectivity index (χ2v) is 6.61. The van der Waals surface area contributed by atoms with Gasteiger partial charge in [0, 0.05) is 18.1 Å². The maximum absolute atomic E-state index is 6.57. The van der Waals surface area contributed by atoms with Gasteiger partial charge in [-0.2, -0.15) is 0 Å².